The van der Waals surface area contributed by atoms with E-state index in [2.05, 4.69) is 10.1 Å². The normalized spacial score (nSPS) is 9.21. The Kier molecular flexibility index (Phi) is 3.67. The third-order valence-corrected chi connectivity index (χ3v) is 1.57. The molecular formula is C10H11NO3. The number of benzene rings is 1. The molecule has 1 aromatic rings. The van der Waals surface area contributed by atoms with E-state index in [1.807, 2.05) is 0 Å². The summed E-state index contributed by atoms with van der Waals surface area (Å²) in [6.07, 6.45) is 0.250. The second-order valence-corrected chi connectivity index (χ2v) is 2.59. The lowest BCUT2D eigenvalue weighted by atomic mass is 10.2. The molecule has 0 heterocycles. The number of ether oxygens (including phenoxy) is 1. The summed E-state index contributed by atoms with van der Waals surface area (Å²) in [7, 11) is 0. The summed E-state index contributed by atoms with van der Waals surface area (Å²) in [5.74, 6) is 0. The van der Waals surface area contributed by atoms with Crippen molar-refractivity contribution in [3.63, 3.8) is 0 Å². The van der Waals surface area contributed by atoms with Crippen molar-refractivity contribution in [3.8, 4) is 0 Å². The van der Waals surface area contributed by atoms with Gasteiger partial charge in [0, 0.05) is 11.3 Å². The molecule has 0 saturated heterocycles. The van der Waals surface area contributed by atoms with Gasteiger partial charge in [0.2, 0.25) is 0 Å². The van der Waals surface area contributed by atoms with Gasteiger partial charge in [-0.1, -0.05) is 0 Å². The van der Waals surface area contributed by atoms with E-state index >= 15 is 0 Å². The first kappa shape index (κ1) is 10.2. The van der Waals surface area contributed by atoms with Gasteiger partial charge in [-0.2, -0.15) is 0 Å². The summed E-state index contributed by atoms with van der Waals surface area (Å²) in [4.78, 5) is 21.3. The molecule has 74 valence electrons. The maximum absolute atomic E-state index is 11.0. The second kappa shape index (κ2) is 5.01. The standard InChI is InChI=1S/C10H11NO3/c1-2-14-10(13)11-9-5-3-8(7-12)4-6-9/h3-7H,2H2,1H3,(H,11,13). The highest BCUT2D eigenvalue weighted by Crippen LogP contribution is 2.08. The molecule has 0 fully saturated rings. The number of hydrogen-bond acceptors (Lipinski definition) is 3. The van der Waals surface area contributed by atoms with Crippen molar-refractivity contribution >= 4 is 18.1 Å². The maximum Gasteiger partial charge on any atom is 0.411 e. The van der Waals surface area contributed by atoms with Crippen molar-refractivity contribution in [3.05, 3.63) is 29.8 Å². The number of rotatable bonds is 3. The van der Waals surface area contributed by atoms with Gasteiger partial charge in [-0.25, -0.2) is 4.79 Å². The van der Waals surface area contributed by atoms with Crippen molar-refractivity contribution in [1.29, 1.82) is 0 Å². The zero-order valence-electron chi connectivity index (χ0n) is 7.82. The molecule has 0 aliphatic heterocycles. The first-order valence-electron chi connectivity index (χ1n) is 4.25. The van der Waals surface area contributed by atoms with Crippen LogP contribution in [0.3, 0.4) is 0 Å². The van der Waals surface area contributed by atoms with Crippen LogP contribution in [0.25, 0.3) is 0 Å². The molecular weight excluding hydrogens is 182 g/mol. The lowest BCUT2D eigenvalue weighted by molar-refractivity contribution is 0.112. The Labute approximate surface area is 81.9 Å². The van der Waals surface area contributed by atoms with Crippen LogP contribution in [0, 0.1) is 0 Å². The molecule has 1 aromatic carbocycles. The Balaban J connectivity index is 2.59. The van der Waals surface area contributed by atoms with Crippen LogP contribution in [0.4, 0.5) is 10.5 Å². The van der Waals surface area contributed by atoms with Crippen molar-refractivity contribution in [2.24, 2.45) is 0 Å². The van der Waals surface area contributed by atoms with Gasteiger partial charge in [0.1, 0.15) is 6.29 Å². The highest BCUT2D eigenvalue weighted by atomic mass is 16.5. The molecule has 4 heteroatoms. The van der Waals surface area contributed by atoms with Crippen LogP contribution in [0.1, 0.15) is 17.3 Å². The quantitative estimate of drug-likeness (QED) is 0.747. The molecule has 14 heavy (non-hydrogen) atoms. The molecule has 1 N–H and O–H groups in total. The molecule has 0 bridgehead atoms. The van der Waals surface area contributed by atoms with E-state index in [1.165, 1.54) is 0 Å². The van der Waals surface area contributed by atoms with E-state index < -0.39 is 6.09 Å². The summed E-state index contributed by atoms with van der Waals surface area (Å²) >= 11 is 0. The Morgan fingerprint density at radius 3 is 2.57 bits per heavy atom. The maximum atomic E-state index is 11.0. The molecule has 1 rings (SSSR count). The van der Waals surface area contributed by atoms with Gasteiger partial charge in [0.25, 0.3) is 0 Å². The summed E-state index contributed by atoms with van der Waals surface area (Å²) in [6, 6.07) is 6.52. The minimum Gasteiger partial charge on any atom is -0.450 e. The predicted molar refractivity (Wildman–Crippen MR) is 52.5 cm³/mol. The van der Waals surface area contributed by atoms with Crippen LogP contribution in [-0.4, -0.2) is 19.0 Å². The van der Waals surface area contributed by atoms with E-state index in [0.717, 1.165) is 6.29 Å². The van der Waals surface area contributed by atoms with Crippen LogP contribution < -0.4 is 5.32 Å². The fourth-order valence-corrected chi connectivity index (χ4v) is 0.930. The van der Waals surface area contributed by atoms with E-state index in [4.69, 9.17) is 0 Å². The van der Waals surface area contributed by atoms with Crippen molar-refractivity contribution in [2.75, 3.05) is 11.9 Å². The molecule has 0 unspecified atom stereocenters. The van der Waals surface area contributed by atoms with Crippen molar-refractivity contribution in [2.45, 2.75) is 6.92 Å². The number of anilines is 1. The molecule has 0 aliphatic rings. The number of aldehydes is 1. The lowest BCUT2D eigenvalue weighted by Gasteiger charge is -2.04. The van der Waals surface area contributed by atoms with E-state index in [0.29, 0.717) is 17.9 Å². The Morgan fingerprint density at radius 1 is 1.43 bits per heavy atom. The van der Waals surface area contributed by atoms with Gasteiger partial charge in [-0.05, 0) is 31.2 Å². The number of amides is 1. The summed E-state index contributed by atoms with van der Waals surface area (Å²) < 4.78 is 4.68. The van der Waals surface area contributed by atoms with Crippen LogP contribution >= 0.6 is 0 Å². The number of hydrogen-bond donors (Lipinski definition) is 1. The highest BCUT2D eigenvalue weighted by Gasteiger charge is 2.00. The predicted octanol–water partition coefficient (Wildman–Crippen LogP) is 2.07. The Bertz CT molecular complexity index is 319. The smallest absolute Gasteiger partial charge is 0.411 e. The Morgan fingerprint density at radius 2 is 2.07 bits per heavy atom. The summed E-state index contributed by atoms with van der Waals surface area (Å²) in [5, 5.41) is 2.52. The molecule has 0 aliphatic carbocycles. The molecule has 0 aromatic heterocycles. The minimum absolute atomic E-state index is 0.332. The number of carbonyl (C=O) groups is 2. The number of nitrogens with one attached hydrogen (secondary N) is 1. The largest absolute Gasteiger partial charge is 0.450 e. The van der Waals surface area contributed by atoms with Gasteiger partial charge in [-0.15, -0.1) is 0 Å². The van der Waals surface area contributed by atoms with Gasteiger partial charge < -0.3 is 4.74 Å². The summed E-state index contributed by atoms with van der Waals surface area (Å²) in [5.41, 5.74) is 1.17. The number of carbonyl (C=O) groups excluding carboxylic acids is 2. The van der Waals surface area contributed by atoms with E-state index in [1.54, 1.807) is 31.2 Å². The van der Waals surface area contributed by atoms with Crippen LogP contribution in [0.5, 0.6) is 0 Å². The highest BCUT2D eigenvalue weighted by molar-refractivity contribution is 5.85. The van der Waals surface area contributed by atoms with Gasteiger partial charge in [-0.3, -0.25) is 10.1 Å². The van der Waals surface area contributed by atoms with Crippen LogP contribution in [-0.2, 0) is 4.74 Å². The molecule has 4 nitrogen and oxygen atoms in total. The average Bonchev–Trinajstić information content (AvgIpc) is 2.19. The first-order valence-corrected chi connectivity index (χ1v) is 4.25. The fraction of sp³-hybridized carbons (Fsp3) is 0.200. The second-order valence-electron chi connectivity index (χ2n) is 2.59. The first-order chi connectivity index (χ1) is 6.76. The van der Waals surface area contributed by atoms with E-state index in [9.17, 15) is 9.59 Å². The summed E-state index contributed by atoms with van der Waals surface area (Å²) in [6.45, 7) is 2.06. The fourth-order valence-electron chi connectivity index (χ4n) is 0.930. The SMILES string of the molecule is CCOC(=O)Nc1ccc(C=O)cc1. The zero-order valence-corrected chi connectivity index (χ0v) is 7.82. The van der Waals surface area contributed by atoms with Crippen LogP contribution in [0.15, 0.2) is 24.3 Å². The zero-order chi connectivity index (χ0) is 10.4. The van der Waals surface area contributed by atoms with Gasteiger partial charge in [0.15, 0.2) is 0 Å². The molecule has 0 atom stereocenters. The molecule has 0 spiro atoms. The molecule has 0 radical (unpaired) electrons. The monoisotopic (exact) mass is 193 g/mol. The van der Waals surface area contributed by atoms with Gasteiger partial charge in [0.05, 0.1) is 6.61 Å². The van der Waals surface area contributed by atoms with E-state index in [-0.39, 0.29) is 0 Å². The third kappa shape index (κ3) is 2.90. The Hall–Kier alpha value is -1.84. The van der Waals surface area contributed by atoms with Crippen molar-refractivity contribution < 1.29 is 14.3 Å². The minimum atomic E-state index is -0.494. The topological polar surface area (TPSA) is 55.4 Å². The molecule has 1 amide bonds. The van der Waals surface area contributed by atoms with Gasteiger partial charge >= 0.3 is 6.09 Å². The molecule has 0 saturated carbocycles. The lowest BCUT2D eigenvalue weighted by Crippen LogP contribution is -2.13. The van der Waals surface area contributed by atoms with Crippen LogP contribution in [0.2, 0.25) is 0 Å². The van der Waals surface area contributed by atoms with Crippen molar-refractivity contribution in [1.82, 2.24) is 0 Å². The average molecular weight is 193 g/mol. The third-order valence-electron chi connectivity index (χ3n) is 1.57.